The summed E-state index contributed by atoms with van der Waals surface area (Å²) in [6.07, 6.45) is 3.52. The van der Waals surface area contributed by atoms with Crippen LogP contribution in [0.2, 0.25) is 0 Å². The zero-order chi connectivity index (χ0) is 19.0. The molecule has 0 spiro atoms. The van der Waals surface area contributed by atoms with Crippen LogP contribution in [0.25, 0.3) is 5.78 Å². The van der Waals surface area contributed by atoms with E-state index in [0.29, 0.717) is 22.8 Å². The summed E-state index contributed by atoms with van der Waals surface area (Å²) < 4.78 is 1.76. The van der Waals surface area contributed by atoms with Gasteiger partial charge in [-0.05, 0) is 51.5 Å². The predicted molar refractivity (Wildman–Crippen MR) is 104 cm³/mol. The minimum Gasteiger partial charge on any atom is -0.352 e. The van der Waals surface area contributed by atoms with Gasteiger partial charge in [0.05, 0.1) is 5.25 Å². The van der Waals surface area contributed by atoms with Gasteiger partial charge in [-0.3, -0.25) is 4.79 Å². The number of amides is 1. The zero-order valence-corrected chi connectivity index (χ0v) is 17.4. The van der Waals surface area contributed by atoms with E-state index in [1.165, 1.54) is 24.6 Å². The first-order valence-corrected chi connectivity index (χ1v) is 10.3. The number of hydrogen-bond acceptors (Lipinski definition) is 5. The number of fused-ring (bicyclic) bond motifs is 1. The second kappa shape index (κ2) is 7.55. The third-order valence-corrected chi connectivity index (χ3v) is 6.88. The summed E-state index contributed by atoms with van der Waals surface area (Å²) in [5, 5.41) is 8.14. The Morgan fingerprint density at radius 2 is 1.96 bits per heavy atom. The van der Waals surface area contributed by atoms with Crippen LogP contribution in [0.4, 0.5) is 0 Å². The van der Waals surface area contributed by atoms with Crippen LogP contribution >= 0.6 is 11.8 Å². The van der Waals surface area contributed by atoms with Gasteiger partial charge in [-0.2, -0.15) is 4.98 Å². The van der Waals surface area contributed by atoms with E-state index >= 15 is 0 Å². The molecule has 0 aromatic carbocycles. The Kier molecular flexibility index (Phi) is 5.55. The molecule has 1 amide bonds. The van der Waals surface area contributed by atoms with Gasteiger partial charge >= 0.3 is 0 Å². The molecule has 2 aromatic rings. The van der Waals surface area contributed by atoms with Gasteiger partial charge in [0.1, 0.15) is 0 Å². The Bertz CT molecular complexity index is 818. The maximum atomic E-state index is 12.6. The molecule has 3 rings (SSSR count). The molecule has 0 aliphatic heterocycles. The number of aryl methyl sites for hydroxylation is 2. The molecule has 1 aliphatic carbocycles. The largest absolute Gasteiger partial charge is 0.352 e. The maximum Gasteiger partial charge on any atom is 0.253 e. The summed E-state index contributed by atoms with van der Waals surface area (Å²) in [4.78, 5) is 21.6. The summed E-state index contributed by atoms with van der Waals surface area (Å²) >= 11 is 1.39. The smallest absolute Gasteiger partial charge is 0.253 e. The van der Waals surface area contributed by atoms with Crippen molar-refractivity contribution in [3.05, 3.63) is 17.0 Å². The fourth-order valence-corrected chi connectivity index (χ4v) is 4.34. The molecule has 1 aliphatic rings. The van der Waals surface area contributed by atoms with Gasteiger partial charge < -0.3 is 5.32 Å². The minimum absolute atomic E-state index is 0.0665. The molecule has 1 saturated carbocycles. The molecule has 6 nitrogen and oxygen atoms in total. The quantitative estimate of drug-likeness (QED) is 0.829. The van der Waals surface area contributed by atoms with Gasteiger partial charge in [-0.1, -0.05) is 38.5 Å². The Morgan fingerprint density at radius 1 is 1.23 bits per heavy atom. The van der Waals surface area contributed by atoms with E-state index < -0.39 is 0 Å². The van der Waals surface area contributed by atoms with Gasteiger partial charge in [-0.25, -0.2) is 9.50 Å². The number of aromatic nitrogens is 4. The standard InChI is InChI=1S/C19H29N5OS/c1-10-8-7-9-16(11(10)2)21-17(25)15(6)26-19-22-18-20-13(4)12(3)14(5)24(18)23-19/h10-11,15-16H,7-9H2,1-6H3,(H,21,25). The predicted octanol–water partition coefficient (Wildman–Crippen LogP) is 3.47. The van der Waals surface area contributed by atoms with Crippen LogP contribution in [0.3, 0.4) is 0 Å². The third kappa shape index (κ3) is 3.72. The van der Waals surface area contributed by atoms with Crippen LogP contribution in [0.15, 0.2) is 5.16 Å². The average molecular weight is 376 g/mol. The van der Waals surface area contributed by atoms with E-state index in [0.717, 1.165) is 23.4 Å². The molecule has 0 radical (unpaired) electrons. The summed E-state index contributed by atoms with van der Waals surface area (Å²) in [5.74, 6) is 1.85. The number of carbonyl (C=O) groups is 1. The molecular formula is C19H29N5OS. The molecule has 142 valence electrons. The number of nitrogens with zero attached hydrogens (tertiary/aromatic N) is 4. The maximum absolute atomic E-state index is 12.6. The van der Waals surface area contributed by atoms with E-state index in [2.05, 4.69) is 34.2 Å². The van der Waals surface area contributed by atoms with Crippen molar-refractivity contribution >= 4 is 23.4 Å². The van der Waals surface area contributed by atoms with Crippen LogP contribution in [0.1, 0.15) is 57.0 Å². The molecule has 7 heteroatoms. The first-order valence-electron chi connectivity index (χ1n) is 9.45. The van der Waals surface area contributed by atoms with Crippen LogP contribution < -0.4 is 5.32 Å². The average Bonchev–Trinajstić information content (AvgIpc) is 2.99. The van der Waals surface area contributed by atoms with Gasteiger partial charge in [-0.15, -0.1) is 5.10 Å². The third-order valence-electron chi connectivity index (χ3n) is 5.93. The van der Waals surface area contributed by atoms with Crippen molar-refractivity contribution in [3.63, 3.8) is 0 Å². The Balaban J connectivity index is 1.69. The molecule has 4 unspecified atom stereocenters. The number of nitrogens with one attached hydrogen (secondary N) is 1. The normalized spacial score (nSPS) is 24.6. The van der Waals surface area contributed by atoms with Crippen LogP contribution in [-0.2, 0) is 4.79 Å². The number of carbonyl (C=O) groups excluding carboxylic acids is 1. The number of hydrogen-bond donors (Lipinski definition) is 1. The fourth-order valence-electron chi connectivity index (χ4n) is 3.58. The molecule has 1 N–H and O–H groups in total. The van der Waals surface area contributed by atoms with E-state index in [4.69, 9.17) is 0 Å². The summed E-state index contributed by atoms with van der Waals surface area (Å²) in [6.45, 7) is 12.5. The first kappa shape index (κ1) is 19.1. The lowest BCUT2D eigenvalue weighted by Crippen LogP contribution is -2.46. The van der Waals surface area contributed by atoms with Crippen LogP contribution in [0, 0.1) is 32.6 Å². The summed E-state index contributed by atoms with van der Waals surface area (Å²) in [6, 6.07) is 0.275. The van der Waals surface area contributed by atoms with Crippen molar-refractivity contribution in [2.45, 2.75) is 77.3 Å². The molecule has 1 fully saturated rings. The number of rotatable bonds is 4. The summed E-state index contributed by atoms with van der Waals surface area (Å²) in [5.41, 5.74) is 3.12. The molecule has 26 heavy (non-hydrogen) atoms. The fraction of sp³-hybridized carbons (Fsp3) is 0.684. The lowest BCUT2D eigenvalue weighted by atomic mass is 9.78. The highest BCUT2D eigenvalue weighted by molar-refractivity contribution is 8.00. The highest BCUT2D eigenvalue weighted by atomic mass is 32.2. The van der Waals surface area contributed by atoms with Gasteiger partial charge in [0, 0.05) is 17.4 Å². The molecular weight excluding hydrogens is 346 g/mol. The topological polar surface area (TPSA) is 72.2 Å². The van der Waals surface area contributed by atoms with E-state index in [1.807, 2.05) is 27.7 Å². The molecule has 0 saturated heterocycles. The van der Waals surface area contributed by atoms with E-state index in [-0.39, 0.29) is 17.2 Å². The first-order chi connectivity index (χ1) is 12.3. The number of thioether (sulfide) groups is 1. The second-order valence-electron chi connectivity index (χ2n) is 7.66. The SMILES string of the molecule is Cc1nc2nc(SC(C)C(=O)NC3CCCC(C)C3C)nn2c(C)c1C. The van der Waals surface area contributed by atoms with Gasteiger partial charge in [0.25, 0.3) is 5.78 Å². The molecule has 2 heterocycles. The van der Waals surface area contributed by atoms with Gasteiger partial charge in [0.15, 0.2) is 0 Å². The van der Waals surface area contributed by atoms with E-state index in [1.54, 1.807) is 4.52 Å². The molecule has 0 bridgehead atoms. The lowest BCUT2D eigenvalue weighted by molar-refractivity contribution is -0.121. The highest BCUT2D eigenvalue weighted by Crippen LogP contribution is 2.30. The lowest BCUT2D eigenvalue weighted by Gasteiger charge is -2.35. The Labute approximate surface area is 159 Å². The molecule has 4 atom stereocenters. The minimum atomic E-state index is -0.237. The monoisotopic (exact) mass is 375 g/mol. The van der Waals surface area contributed by atoms with E-state index in [9.17, 15) is 4.79 Å². The Morgan fingerprint density at radius 3 is 2.69 bits per heavy atom. The zero-order valence-electron chi connectivity index (χ0n) is 16.5. The molecule has 2 aromatic heterocycles. The Hall–Kier alpha value is -1.63. The van der Waals surface area contributed by atoms with Crippen LogP contribution in [0.5, 0.6) is 0 Å². The van der Waals surface area contributed by atoms with Crippen molar-refractivity contribution in [2.75, 3.05) is 0 Å². The van der Waals surface area contributed by atoms with Gasteiger partial charge in [0.2, 0.25) is 11.1 Å². The van der Waals surface area contributed by atoms with Crippen molar-refractivity contribution in [1.29, 1.82) is 0 Å². The van der Waals surface area contributed by atoms with Crippen LogP contribution in [-0.4, -0.2) is 36.8 Å². The van der Waals surface area contributed by atoms with Crippen molar-refractivity contribution in [2.24, 2.45) is 11.8 Å². The van der Waals surface area contributed by atoms with Crippen molar-refractivity contribution in [3.8, 4) is 0 Å². The van der Waals surface area contributed by atoms with Crippen molar-refractivity contribution in [1.82, 2.24) is 24.9 Å². The summed E-state index contributed by atoms with van der Waals surface area (Å²) in [7, 11) is 0. The second-order valence-corrected chi connectivity index (χ2v) is 8.96. The highest BCUT2D eigenvalue weighted by Gasteiger charge is 2.29. The van der Waals surface area contributed by atoms with Crippen molar-refractivity contribution < 1.29 is 4.79 Å².